The molecule has 0 bridgehead atoms. The number of halogens is 1. The Labute approximate surface area is 116 Å². The van der Waals surface area contributed by atoms with Gasteiger partial charge in [-0.25, -0.2) is 4.98 Å². The van der Waals surface area contributed by atoms with E-state index in [0.717, 1.165) is 36.4 Å². The molecular weight excluding hydrogens is 290 g/mol. The minimum absolute atomic E-state index is 0.831. The van der Waals surface area contributed by atoms with E-state index in [1.54, 1.807) is 0 Å². The molecule has 96 valence electrons. The van der Waals surface area contributed by atoms with Gasteiger partial charge in [-0.15, -0.1) is 0 Å². The molecule has 1 N–H and O–H groups in total. The topological polar surface area (TPSA) is 29.9 Å². The van der Waals surface area contributed by atoms with Crippen LogP contribution in [0.1, 0.15) is 24.7 Å². The van der Waals surface area contributed by atoms with Gasteiger partial charge in [-0.2, -0.15) is 0 Å². The monoisotopic (exact) mass is 307 g/mol. The Morgan fingerprint density at radius 2 is 2.06 bits per heavy atom. The number of nitrogens with zero attached hydrogens (tertiary/aromatic N) is 2. The van der Waals surface area contributed by atoms with E-state index in [2.05, 4.69) is 62.0 Å². The van der Waals surface area contributed by atoms with Crippen molar-refractivity contribution >= 4 is 15.9 Å². The summed E-state index contributed by atoms with van der Waals surface area (Å²) < 4.78 is 3.30. The predicted octanol–water partition coefficient (Wildman–Crippen LogP) is 3.19. The maximum absolute atomic E-state index is 4.39. The van der Waals surface area contributed by atoms with Crippen LogP contribution < -0.4 is 5.32 Å². The van der Waals surface area contributed by atoms with Gasteiger partial charge in [-0.05, 0) is 30.7 Å². The van der Waals surface area contributed by atoms with Crippen molar-refractivity contribution in [3.8, 4) is 0 Å². The van der Waals surface area contributed by atoms with Gasteiger partial charge < -0.3 is 9.88 Å². The van der Waals surface area contributed by atoms with Crippen LogP contribution in [-0.2, 0) is 13.1 Å². The molecule has 0 amide bonds. The van der Waals surface area contributed by atoms with Gasteiger partial charge in [-0.1, -0.05) is 35.0 Å². The molecule has 0 atom stereocenters. The fraction of sp³-hybridized carbons (Fsp3) is 0.357. The zero-order valence-electron chi connectivity index (χ0n) is 10.6. The molecule has 0 aliphatic carbocycles. The second kappa shape index (κ2) is 6.71. The van der Waals surface area contributed by atoms with Crippen molar-refractivity contribution in [3.63, 3.8) is 0 Å². The van der Waals surface area contributed by atoms with Crippen molar-refractivity contribution in [3.05, 3.63) is 52.5 Å². The molecule has 0 saturated heterocycles. The normalized spacial score (nSPS) is 10.8. The van der Waals surface area contributed by atoms with Crippen LogP contribution in [-0.4, -0.2) is 16.1 Å². The first-order valence-electron chi connectivity index (χ1n) is 6.24. The molecule has 1 aromatic heterocycles. The average Bonchev–Trinajstić information content (AvgIpc) is 2.80. The lowest BCUT2D eigenvalue weighted by atomic mass is 10.2. The van der Waals surface area contributed by atoms with Crippen LogP contribution in [0.25, 0.3) is 0 Å². The summed E-state index contributed by atoms with van der Waals surface area (Å²) in [6.45, 7) is 4.90. The molecule has 1 heterocycles. The van der Waals surface area contributed by atoms with Crippen molar-refractivity contribution in [2.75, 3.05) is 6.54 Å². The number of hydrogen-bond acceptors (Lipinski definition) is 2. The van der Waals surface area contributed by atoms with Crippen LogP contribution in [0.4, 0.5) is 0 Å². The van der Waals surface area contributed by atoms with E-state index in [9.17, 15) is 0 Å². The van der Waals surface area contributed by atoms with Gasteiger partial charge in [0.15, 0.2) is 0 Å². The molecule has 0 saturated carbocycles. The summed E-state index contributed by atoms with van der Waals surface area (Å²) in [7, 11) is 0. The lowest BCUT2D eigenvalue weighted by Gasteiger charge is -2.08. The Bertz CT molecular complexity index is 476. The molecule has 3 nitrogen and oxygen atoms in total. The van der Waals surface area contributed by atoms with Crippen LogP contribution >= 0.6 is 15.9 Å². The Morgan fingerprint density at radius 3 is 2.78 bits per heavy atom. The van der Waals surface area contributed by atoms with E-state index in [1.807, 2.05) is 12.4 Å². The fourth-order valence-corrected chi connectivity index (χ4v) is 2.08. The lowest BCUT2D eigenvalue weighted by molar-refractivity contribution is 0.615. The van der Waals surface area contributed by atoms with E-state index >= 15 is 0 Å². The second-order valence-electron chi connectivity index (χ2n) is 4.27. The third kappa shape index (κ3) is 3.68. The van der Waals surface area contributed by atoms with Crippen LogP contribution in [0.2, 0.25) is 0 Å². The summed E-state index contributed by atoms with van der Waals surface area (Å²) in [5.41, 5.74) is 1.29. The Kier molecular flexibility index (Phi) is 4.96. The van der Waals surface area contributed by atoms with Crippen LogP contribution in [0.5, 0.6) is 0 Å². The fourth-order valence-electron chi connectivity index (χ4n) is 1.81. The molecule has 18 heavy (non-hydrogen) atoms. The summed E-state index contributed by atoms with van der Waals surface area (Å²) in [5, 5.41) is 3.38. The highest BCUT2D eigenvalue weighted by Crippen LogP contribution is 2.12. The van der Waals surface area contributed by atoms with Gasteiger partial charge >= 0.3 is 0 Å². The molecule has 2 aromatic rings. The molecule has 0 aliphatic rings. The van der Waals surface area contributed by atoms with Crippen molar-refractivity contribution in [1.82, 2.24) is 14.9 Å². The molecule has 1 aromatic carbocycles. The van der Waals surface area contributed by atoms with Gasteiger partial charge in [0, 0.05) is 23.4 Å². The maximum atomic E-state index is 4.39. The van der Waals surface area contributed by atoms with Crippen molar-refractivity contribution < 1.29 is 0 Å². The molecule has 0 spiro atoms. The number of benzene rings is 1. The van der Waals surface area contributed by atoms with Crippen molar-refractivity contribution in [2.24, 2.45) is 0 Å². The van der Waals surface area contributed by atoms with Crippen LogP contribution in [0.3, 0.4) is 0 Å². The Hall–Kier alpha value is -1.13. The third-order valence-electron chi connectivity index (χ3n) is 2.78. The van der Waals surface area contributed by atoms with Gasteiger partial charge in [0.05, 0.1) is 6.54 Å². The first-order chi connectivity index (χ1) is 8.79. The van der Waals surface area contributed by atoms with E-state index in [-0.39, 0.29) is 0 Å². The highest BCUT2D eigenvalue weighted by molar-refractivity contribution is 9.10. The summed E-state index contributed by atoms with van der Waals surface area (Å²) >= 11 is 3.45. The Morgan fingerprint density at radius 1 is 1.28 bits per heavy atom. The minimum Gasteiger partial charge on any atom is -0.329 e. The highest BCUT2D eigenvalue weighted by atomic mass is 79.9. The minimum atomic E-state index is 0.831. The maximum Gasteiger partial charge on any atom is 0.122 e. The zero-order chi connectivity index (χ0) is 12.8. The van der Waals surface area contributed by atoms with Crippen molar-refractivity contribution in [1.29, 1.82) is 0 Å². The summed E-state index contributed by atoms with van der Waals surface area (Å²) in [4.78, 5) is 4.39. The Balaban J connectivity index is 2.00. The molecule has 0 fully saturated rings. The number of rotatable bonds is 6. The number of hydrogen-bond donors (Lipinski definition) is 1. The average molecular weight is 308 g/mol. The van der Waals surface area contributed by atoms with E-state index in [4.69, 9.17) is 0 Å². The lowest BCUT2D eigenvalue weighted by Crippen LogP contribution is -2.17. The standard InChI is InChI=1S/C14H18BrN3/c1-2-7-16-10-14-17-8-9-18(14)11-12-3-5-13(15)6-4-12/h3-6,8-9,16H,2,7,10-11H2,1H3. The SMILES string of the molecule is CCCNCc1nccn1Cc1ccc(Br)cc1. The molecule has 0 radical (unpaired) electrons. The molecular formula is C14H18BrN3. The summed E-state index contributed by atoms with van der Waals surface area (Å²) in [6, 6.07) is 8.41. The molecule has 0 unspecified atom stereocenters. The van der Waals surface area contributed by atoms with E-state index < -0.39 is 0 Å². The smallest absolute Gasteiger partial charge is 0.122 e. The second-order valence-corrected chi connectivity index (χ2v) is 5.19. The number of nitrogens with one attached hydrogen (secondary N) is 1. The first-order valence-corrected chi connectivity index (χ1v) is 7.04. The summed E-state index contributed by atoms with van der Waals surface area (Å²) in [6.07, 6.45) is 5.04. The van der Waals surface area contributed by atoms with Gasteiger partial charge in [0.2, 0.25) is 0 Å². The van der Waals surface area contributed by atoms with Gasteiger partial charge in [-0.3, -0.25) is 0 Å². The molecule has 2 rings (SSSR count). The molecule has 0 aliphatic heterocycles. The van der Waals surface area contributed by atoms with E-state index in [1.165, 1.54) is 5.56 Å². The van der Waals surface area contributed by atoms with Crippen LogP contribution in [0, 0.1) is 0 Å². The van der Waals surface area contributed by atoms with Gasteiger partial charge in [0.1, 0.15) is 5.82 Å². The van der Waals surface area contributed by atoms with Gasteiger partial charge in [0.25, 0.3) is 0 Å². The first kappa shape index (κ1) is 13.3. The number of imidazole rings is 1. The predicted molar refractivity (Wildman–Crippen MR) is 77.5 cm³/mol. The van der Waals surface area contributed by atoms with Crippen LogP contribution in [0.15, 0.2) is 41.1 Å². The number of aromatic nitrogens is 2. The van der Waals surface area contributed by atoms with Crippen molar-refractivity contribution in [2.45, 2.75) is 26.4 Å². The van der Waals surface area contributed by atoms with E-state index in [0.29, 0.717) is 0 Å². The molecule has 4 heteroatoms. The summed E-state index contributed by atoms with van der Waals surface area (Å²) in [5.74, 6) is 1.09. The highest BCUT2D eigenvalue weighted by Gasteiger charge is 2.02. The third-order valence-corrected chi connectivity index (χ3v) is 3.31. The zero-order valence-corrected chi connectivity index (χ0v) is 12.2. The quantitative estimate of drug-likeness (QED) is 0.831. The largest absolute Gasteiger partial charge is 0.329 e.